The lowest BCUT2D eigenvalue weighted by molar-refractivity contribution is -0.134. The van der Waals surface area contributed by atoms with Gasteiger partial charge in [-0.05, 0) is 24.1 Å². The molecule has 1 aliphatic rings. The summed E-state index contributed by atoms with van der Waals surface area (Å²) in [4.78, 5) is 13.6. The SMILES string of the molecule is COc1cc2nc(-c3cncc(-c4cc(F)cc(F)c4)c3N3CC[C@@H](NCCC(F)(F)F)[C@@H](O)C3)[nH]c2cc1F. The number of alkyl halides is 3. The number of rotatable bonds is 7. The molecule has 4 aromatic rings. The van der Waals surface area contributed by atoms with Crippen LogP contribution in [-0.2, 0) is 0 Å². The van der Waals surface area contributed by atoms with Crippen molar-refractivity contribution in [3.63, 3.8) is 0 Å². The maximum atomic E-state index is 14.3. The standard InChI is InChI=1S/C27H25F6N5O2/c1-40-24-10-22-21(9-19(24)30)36-26(37-22)18-12-34-11-17(14-6-15(28)8-16(29)7-14)25(18)38-5-2-20(23(39)13-38)35-4-3-27(31,32)33/h6-12,20,23,35,39H,2-5,13H2,1H3,(H,36,37)/t20-,23+/m1/s1. The molecule has 2 aromatic carbocycles. The number of piperidine rings is 1. The summed E-state index contributed by atoms with van der Waals surface area (Å²) in [5.41, 5.74) is 2.15. The van der Waals surface area contributed by atoms with E-state index in [-0.39, 0.29) is 30.2 Å². The zero-order valence-corrected chi connectivity index (χ0v) is 21.2. The lowest BCUT2D eigenvalue weighted by Crippen LogP contribution is -2.53. The molecular weight excluding hydrogens is 540 g/mol. The molecule has 1 fully saturated rings. The van der Waals surface area contributed by atoms with E-state index in [1.165, 1.54) is 31.6 Å². The highest BCUT2D eigenvalue weighted by atomic mass is 19.4. The highest BCUT2D eigenvalue weighted by Crippen LogP contribution is 2.40. The van der Waals surface area contributed by atoms with Gasteiger partial charge in [-0.15, -0.1) is 0 Å². The minimum atomic E-state index is -4.32. The van der Waals surface area contributed by atoms with Gasteiger partial charge in [-0.3, -0.25) is 4.98 Å². The zero-order valence-electron chi connectivity index (χ0n) is 21.2. The molecule has 1 aliphatic heterocycles. The number of ether oxygens (including phenoxy) is 1. The van der Waals surface area contributed by atoms with Crippen LogP contribution in [0, 0.1) is 17.5 Å². The molecule has 13 heteroatoms. The Morgan fingerprint density at radius 3 is 2.48 bits per heavy atom. The van der Waals surface area contributed by atoms with E-state index in [9.17, 15) is 31.4 Å². The first-order valence-corrected chi connectivity index (χ1v) is 12.4. The van der Waals surface area contributed by atoms with Crippen LogP contribution in [0.25, 0.3) is 33.5 Å². The molecule has 0 spiro atoms. The van der Waals surface area contributed by atoms with E-state index in [1.807, 2.05) is 0 Å². The van der Waals surface area contributed by atoms with Crippen molar-refractivity contribution in [3.8, 4) is 28.3 Å². The van der Waals surface area contributed by atoms with Gasteiger partial charge in [-0.2, -0.15) is 13.2 Å². The second kappa shape index (κ2) is 11.0. The number of fused-ring (bicyclic) bond motifs is 1. The molecule has 0 radical (unpaired) electrons. The second-order valence-electron chi connectivity index (χ2n) is 9.56. The molecule has 2 atom stereocenters. The fraction of sp³-hybridized carbons (Fsp3) is 0.333. The first-order chi connectivity index (χ1) is 19.0. The van der Waals surface area contributed by atoms with E-state index in [1.54, 1.807) is 4.90 Å². The number of pyridine rings is 1. The average molecular weight is 566 g/mol. The molecule has 3 heterocycles. The van der Waals surface area contributed by atoms with Gasteiger partial charge in [0.2, 0.25) is 0 Å². The van der Waals surface area contributed by atoms with Crippen molar-refractivity contribution in [2.75, 3.05) is 31.6 Å². The van der Waals surface area contributed by atoms with Gasteiger partial charge in [0.1, 0.15) is 17.5 Å². The average Bonchev–Trinajstić information content (AvgIpc) is 3.30. The van der Waals surface area contributed by atoms with E-state index in [2.05, 4.69) is 20.3 Å². The van der Waals surface area contributed by atoms with Crippen molar-refractivity contribution < 1.29 is 36.2 Å². The molecular formula is C27H25F6N5O2. The number of nitrogens with zero attached hydrogens (tertiary/aromatic N) is 3. The van der Waals surface area contributed by atoms with E-state index >= 15 is 0 Å². The van der Waals surface area contributed by atoms with Crippen molar-refractivity contribution in [2.24, 2.45) is 0 Å². The number of nitrogens with one attached hydrogen (secondary N) is 2. The summed E-state index contributed by atoms with van der Waals surface area (Å²) < 4.78 is 85.6. The van der Waals surface area contributed by atoms with Gasteiger partial charge in [0.25, 0.3) is 0 Å². The lowest BCUT2D eigenvalue weighted by atomic mass is 9.96. The number of anilines is 1. The van der Waals surface area contributed by atoms with Crippen LogP contribution in [0.4, 0.5) is 32.0 Å². The molecule has 2 aromatic heterocycles. The molecule has 0 saturated carbocycles. The lowest BCUT2D eigenvalue weighted by Gasteiger charge is -2.39. The van der Waals surface area contributed by atoms with Crippen molar-refractivity contribution in [3.05, 3.63) is 60.2 Å². The number of aromatic amines is 1. The molecule has 40 heavy (non-hydrogen) atoms. The van der Waals surface area contributed by atoms with Crippen molar-refractivity contribution in [1.82, 2.24) is 20.3 Å². The minimum Gasteiger partial charge on any atom is -0.494 e. The Morgan fingerprint density at radius 1 is 1.07 bits per heavy atom. The van der Waals surface area contributed by atoms with Gasteiger partial charge in [0, 0.05) is 61.8 Å². The maximum Gasteiger partial charge on any atom is 0.390 e. The molecule has 0 unspecified atom stereocenters. The number of aromatic nitrogens is 3. The molecule has 0 bridgehead atoms. The van der Waals surface area contributed by atoms with Crippen molar-refractivity contribution >= 4 is 16.7 Å². The third-order valence-electron chi connectivity index (χ3n) is 6.81. The summed E-state index contributed by atoms with van der Waals surface area (Å²) >= 11 is 0. The molecule has 1 saturated heterocycles. The predicted octanol–water partition coefficient (Wildman–Crippen LogP) is 5.20. The zero-order chi connectivity index (χ0) is 28.6. The minimum absolute atomic E-state index is 0.00361. The van der Waals surface area contributed by atoms with Crippen LogP contribution >= 0.6 is 0 Å². The van der Waals surface area contributed by atoms with E-state index < -0.39 is 42.2 Å². The van der Waals surface area contributed by atoms with Gasteiger partial charge >= 0.3 is 6.18 Å². The van der Waals surface area contributed by atoms with Crippen LogP contribution in [0.5, 0.6) is 5.75 Å². The van der Waals surface area contributed by atoms with Crippen LogP contribution in [0.3, 0.4) is 0 Å². The summed E-state index contributed by atoms with van der Waals surface area (Å²) in [6.45, 7) is -0.0298. The largest absolute Gasteiger partial charge is 0.494 e. The summed E-state index contributed by atoms with van der Waals surface area (Å²) in [6, 6.07) is 5.10. The fourth-order valence-electron chi connectivity index (χ4n) is 4.96. The van der Waals surface area contributed by atoms with Crippen molar-refractivity contribution in [1.29, 1.82) is 0 Å². The molecule has 7 nitrogen and oxygen atoms in total. The number of hydrogen-bond donors (Lipinski definition) is 3. The third kappa shape index (κ3) is 5.85. The van der Waals surface area contributed by atoms with Crippen LogP contribution in [0.15, 0.2) is 42.7 Å². The van der Waals surface area contributed by atoms with Gasteiger partial charge in [-0.1, -0.05) is 0 Å². The van der Waals surface area contributed by atoms with Gasteiger partial charge in [0.15, 0.2) is 11.6 Å². The maximum absolute atomic E-state index is 14.3. The van der Waals surface area contributed by atoms with Crippen LogP contribution in [-0.4, -0.2) is 65.1 Å². The Kier molecular flexibility index (Phi) is 7.60. The van der Waals surface area contributed by atoms with Gasteiger partial charge in [-0.25, -0.2) is 18.2 Å². The number of methoxy groups -OCH3 is 1. The van der Waals surface area contributed by atoms with Crippen molar-refractivity contribution in [2.45, 2.75) is 31.2 Å². The number of halogens is 6. The fourth-order valence-corrected chi connectivity index (χ4v) is 4.96. The Morgan fingerprint density at radius 2 is 1.80 bits per heavy atom. The van der Waals surface area contributed by atoms with Crippen LogP contribution < -0.4 is 15.0 Å². The summed E-state index contributed by atoms with van der Waals surface area (Å²) in [5.74, 6) is -1.92. The van der Waals surface area contributed by atoms with E-state index in [0.29, 0.717) is 40.8 Å². The monoisotopic (exact) mass is 565 g/mol. The highest BCUT2D eigenvalue weighted by Gasteiger charge is 2.33. The summed E-state index contributed by atoms with van der Waals surface area (Å²) in [6.07, 6.45) is -3.19. The molecule has 5 rings (SSSR count). The first-order valence-electron chi connectivity index (χ1n) is 12.4. The quantitative estimate of drug-likeness (QED) is 0.267. The molecule has 0 aliphatic carbocycles. The predicted molar refractivity (Wildman–Crippen MR) is 136 cm³/mol. The van der Waals surface area contributed by atoms with E-state index in [0.717, 1.165) is 18.2 Å². The Balaban J connectivity index is 1.55. The first kappa shape index (κ1) is 27.7. The normalized spacial score (nSPS) is 17.9. The number of benzene rings is 2. The van der Waals surface area contributed by atoms with Crippen LogP contribution in [0.1, 0.15) is 12.8 Å². The van der Waals surface area contributed by atoms with E-state index in [4.69, 9.17) is 4.74 Å². The highest BCUT2D eigenvalue weighted by molar-refractivity contribution is 5.91. The summed E-state index contributed by atoms with van der Waals surface area (Å²) in [7, 11) is 1.33. The number of aliphatic hydroxyl groups excluding tert-OH is 1. The number of H-pyrrole nitrogens is 1. The number of aliphatic hydroxyl groups is 1. The number of imidazole rings is 1. The summed E-state index contributed by atoms with van der Waals surface area (Å²) in [5, 5.41) is 13.6. The molecule has 212 valence electrons. The Hall–Kier alpha value is -3.84. The van der Waals surface area contributed by atoms with Gasteiger partial charge in [0.05, 0.1) is 41.9 Å². The Labute approximate surface area is 224 Å². The molecule has 3 N–H and O–H groups in total. The second-order valence-corrected chi connectivity index (χ2v) is 9.56. The topological polar surface area (TPSA) is 86.3 Å². The smallest absolute Gasteiger partial charge is 0.390 e. The number of hydrogen-bond acceptors (Lipinski definition) is 6. The molecule has 0 amide bonds. The van der Waals surface area contributed by atoms with Crippen LogP contribution in [0.2, 0.25) is 0 Å². The van der Waals surface area contributed by atoms with Gasteiger partial charge < -0.3 is 25.0 Å². The third-order valence-corrected chi connectivity index (χ3v) is 6.81. The Bertz CT molecular complexity index is 1510. The number of β-amino-alcohol motifs (C(OH)–C–C–N with tert-alkyl or cyclic N) is 1.